The van der Waals surface area contributed by atoms with Gasteiger partial charge in [-0.1, -0.05) is 6.07 Å². The summed E-state index contributed by atoms with van der Waals surface area (Å²) in [4.78, 5) is 31.4. The molecule has 4 N–H and O–H groups in total. The molecule has 3 heterocycles. The molecule has 15 nitrogen and oxygen atoms in total. The summed E-state index contributed by atoms with van der Waals surface area (Å²) >= 11 is 1.60. The molecule has 0 radical (unpaired) electrons. The fourth-order valence-corrected chi connectivity index (χ4v) is 5.39. The van der Waals surface area contributed by atoms with E-state index in [9.17, 15) is 15.0 Å². The van der Waals surface area contributed by atoms with Crippen molar-refractivity contribution >= 4 is 34.0 Å². The molecule has 1 aliphatic rings. The molecule has 0 aliphatic carbocycles. The van der Waals surface area contributed by atoms with Crippen LogP contribution in [0.2, 0.25) is 0 Å². The number of piperazine rings is 1. The molecular formula is C32H47N7O8S. The van der Waals surface area contributed by atoms with Crippen LogP contribution in [0, 0.1) is 13.8 Å². The number of aromatic hydroxyl groups is 2. The van der Waals surface area contributed by atoms with Crippen molar-refractivity contribution in [1.82, 2.24) is 25.2 Å². The number of para-hydroxylation sites is 1. The Bertz CT molecular complexity index is 1390. The number of hydrogen-bond donors (Lipinski definition) is 4. The van der Waals surface area contributed by atoms with Crippen LogP contribution in [0.1, 0.15) is 21.1 Å². The molecule has 1 fully saturated rings. The molecule has 1 aliphatic heterocycles. The lowest BCUT2D eigenvalue weighted by molar-refractivity contribution is -0.0120. The Morgan fingerprint density at radius 1 is 0.854 bits per heavy atom. The molecule has 0 bridgehead atoms. The Hall–Kier alpha value is -3.64. The number of thiazole rings is 1. The third-order valence-electron chi connectivity index (χ3n) is 7.21. The van der Waals surface area contributed by atoms with Gasteiger partial charge >= 0.3 is 0 Å². The summed E-state index contributed by atoms with van der Waals surface area (Å²) in [6, 6.07) is 6.21. The van der Waals surface area contributed by atoms with Crippen LogP contribution in [0.15, 0.2) is 30.5 Å². The average molecular weight is 690 g/mol. The summed E-state index contributed by atoms with van der Waals surface area (Å²) in [7, 11) is 0. The highest BCUT2D eigenvalue weighted by Gasteiger charge is 2.19. The lowest BCUT2D eigenvalue weighted by atomic mass is 10.1. The van der Waals surface area contributed by atoms with E-state index >= 15 is 0 Å². The highest BCUT2D eigenvalue weighted by Crippen LogP contribution is 2.28. The van der Waals surface area contributed by atoms with Crippen molar-refractivity contribution in [2.24, 2.45) is 0 Å². The number of carbonyl (C=O) groups excluding carboxylic acids is 1. The van der Waals surface area contributed by atoms with Crippen molar-refractivity contribution in [2.75, 3.05) is 116 Å². The van der Waals surface area contributed by atoms with Gasteiger partial charge in [0.05, 0.1) is 71.6 Å². The van der Waals surface area contributed by atoms with Crippen LogP contribution in [-0.2, 0) is 23.7 Å². The number of aryl methyl sites for hydroxylation is 2. The third kappa shape index (κ3) is 13.1. The smallest absolute Gasteiger partial charge is 0.255 e. The summed E-state index contributed by atoms with van der Waals surface area (Å²) < 4.78 is 27.7. The fraction of sp³-hybridized carbons (Fsp3) is 0.562. The van der Waals surface area contributed by atoms with Crippen LogP contribution < -0.4 is 15.5 Å². The maximum Gasteiger partial charge on any atom is 0.255 e. The average Bonchev–Trinajstić information content (AvgIpc) is 3.49. The van der Waals surface area contributed by atoms with Crippen molar-refractivity contribution in [3.05, 3.63) is 46.7 Å². The van der Waals surface area contributed by atoms with E-state index in [2.05, 4.69) is 35.4 Å². The molecule has 4 rings (SSSR count). The van der Waals surface area contributed by atoms with E-state index in [0.29, 0.717) is 66.1 Å². The van der Waals surface area contributed by atoms with E-state index in [1.54, 1.807) is 11.3 Å². The van der Waals surface area contributed by atoms with Crippen molar-refractivity contribution in [2.45, 2.75) is 13.8 Å². The first kappa shape index (κ1) is 37.2. The number of ether oxygens (including phenoxy) is 5. The number of amides is 1. The van der Waals surface area contributed by atoms with E-state index in [4.69, 9.17) is 23.7 Å². The van der Waals surface area contributed by atoms with Gasteiger partial charge in [0.1, 0.15) is 17.5 Å². The molecule has 16 heteroatoms. The predicted octanol–water partition coefficient (Wildman–Crippen LogP) is 2.34. The molecule has 3 aromatic rings. The summed E-state index contributed by atoms with van der Waals surface area (Å²) in [5, 5.41) is 25.9. The van der Waals surface area contributed by atoms with Crippen LogP contribution in [-0.4, -0.2) is 141 Å². The van der Waals surface area contributed by atoms with E-state index in [1.807, 2.05) is 26.1 Å². The normalized spacial score (nSPS) is 13.6. The first-order valence-corrected chi connectivity index (χ1v) is 16.9. The molecule has 0 spiro atoms. The second kappa shape index (κ2) is 20.7. The van der Waals surface area contributed by atoms with Gasteiger partial charge in [-0.15, -0.1) is 11.3 Å². The Kier molecular flexibility index (Phi) is 16.0. The molecule has 2 aromatic heterocycles. The molecule has 0 atom stereocenters. The van der Waals surface area contributed by atoms with Gasteiger partial charge in [-0.2, -0.15) is 0 Å². The molecule has 48 heavy (non-hydrogen) atoms. The van der Waals surface area contributed by atoms with Crippen LogP contribution in [0.4, 0.5) is 16.8 Å². The van der Waals surface area contributed by atoms with E-state index in [1.165, 1.54) is 18.2 Å². The van der Waals surface area contributed by atoms with E-state index < -0.39 is 11.7 Å². The number of phenolic OH excluding ortho intramolecular Hbond substituents is 2. The molecule has 0 saturated carbocycles. The molecular weight excluding hydrogens is 642 g/mol. The Labute approximate surface area is 285 Å². The maximum absolute atomic E-state index is 12.0. The summed E-state index contributed by atoms with van der Waals surface area (Å²) in [5.41, 5.74) is 0.00993. The van der Waals surface area contributed by atoms with Crippen molar-refractivity contribution < 1.29 is 38.7 Å². The quantitative estimate of drug-likeness (QED) is 0.0895. The SMILES string of the molecule is Cc1nc(Nc2ncc(C)s2)cc(N2CCN(CCOCCOCCOCCOCCOCCNC(=O)c3cccc(O)c3O)CC2)n1. The lowest BCUT2D eigenvalue weighted by Crippen LogP contribution is -2.47. The highest BCUT2D eigenvalue weighted by atomic mass is 32.1. The minimum Gasteiger partial charge on any atom is -0.504 e. The topological polar surface area (TPSA) is 173 Å². The zero-order valence-electron chi connectivity index (χ0n) is 27.7. The minimum absolute atomic E-state index is 0.00993. The molecule has 264 valence electrons. The fourth-order valence-electron chi connectivity index (χ4n) is 4.72. The Morgan fingerprint density at radius 2 is 1.48 bits per heavy atom. The zero-order chi connectivity index (χ0) is 34.0. The van der Waals surface area contributed by atoms with E-state index in [-0.39, 0.29) is 17.9 Å². The number of nitrogens with zero attached hydrogens (tertiary/aromatic N) is 5. The number of benzene rings is 1. The number of aromatic nitrogens is 3. The molecule has 1 aromatic carbocycles. The van der Waals surface area contributed by atoms with Gasteiger partial charge in [0.25, 0.3) is 5.91 Å². The Balaban J connectivity index is 0.905. The number of rotatable bonds is 22. The number of hydrogen-bond acceptors (Lipinski definition) is 15. The predicted molar refractivity (Wildman–Crippen MR) is 182 cm³/mol. The van der Waals surface area contributed by atoms with Crippen LogP contribution in [0.25, 0.3) is 0 Å². The third-order valence-corrected chi connectivity index (χ3v) is 8.04. The van der Waals surface area contributed by atoms with E-state index in [0.717, 1.165) is 60.2 Å². The van der Waals surface area contributed by atoms with Crippen LogP contribution in [0.5, 0.6) is 11.5 Å². The lowest BCUT2D eigenvalue weighted by Gasteiger charge is -2.35. The maximum atomic E-state index is 12.0. The van der Waals surface area contributed by atoms with Crippen LogP contribution in [0.3, 0.4) is 0 Å². The van der Waals surface area contributed by atoms with Crippen molar-refractivity contribution in [1.29, 1.82) is 0 Å². The molecule has 0 unspecified atom stereocenters. The minimum atomic E-state index is -0.487. The summed E-state index contributed by atoms with van der Waals surface area (Å²) in [6.07, 6.45) is 1.85. The van der Waals surface area contributed by atoms with Crippen LogP contribution >= 0.6 is 11.3 Å². The van der Waals surface area contributed by atoms with Gasteiger partial charge in [0, 0.05) is 56.4 Å². The highest BCUT2D eigenvalue weighted by molar-refractivity contribution is 7.15. The standard InChI is InChI=1S/C32H47N7O8S/c1-24-23-34-32(48-24)37-28-22-29(36-25(2)35-28)39-9-7-38(8-10-39)11-13-44-15-17-46-19-21-47-20-18-45-16-14-43-12-6-33-31(42)26-4-3-5-27(40)30(26)41/h3-5,22-23,40-41H,6-21H2,1-2H3,(H,33,42)(H,34,35,36,37). The molecule has 1 saturated heterocycles. The molecule has 1 amide bonds. The monoisotopic (exact) mass is 689 g/mol. The summed E-state index contributed by atoms with van der Waals surface area (Å²) in [6.45, 7) is 13.4. The second-order valence-electron chi connectivity index (χ2n) is 10.9. The van der Waals surface area contributed by atoms with Gasteiger partial charge < -0.3 is 49.4 Å². The van der Waals surface area contributed by atoms with Gasteiger partial charge in [-0.25, -0.2) is 15.0 Å². The van der Waals surface area contributed by atoms with Gasteiger partial charge in [0.15, 0.2) is 16.6 Å². The zero-order valence-corrected chi connectivity index (χ0v) is 28.5. The largest absolute Gasteiger partial charge is 0.504 e. The number of nitrogens with one attached hydrogen (secondary N) is 2. The number of carbonyl (C=O) groups is 1. The second-order valence-corrected chi connectivity index (χ2v) is 12.1. The van der Waals surface area contributed by atoms with Crippen molar-refractivity contribution in [3.63, 3.8) is 0 Å². The number of phenols is 2. The van der Waals surface area contributed by atoms with Gasteiger partial charge in [-0.05, 0) is 26.0 Å². The van der Waals surface area contributed by atoms with Gasteiger partial charge in [-0.3, -0.25) is 9.69 Å². The Morgan fingerprint density at radius 3 is 2.10 bits per heavy atom. The first-order valence-electron chi connectivity index (χ1n) is 16.1. The number of anilines is 3. The summed E-state index contributed by atoms with van der Waals surface area (Å²) in [5.74, 6) is 1.16. The van der Waals surface area contributed by atoms with Gasteiger partial charge in [0.2, 0.25) is 0 Å². The first-order chi connectivity index (χ1) is 23.4. The van der Waals surface area contributed by atoms with Crippen molar-refractivity contribution in [3.8, 4) is 11.5 Å².